The van der Waals surface area contributed by atoms with Crippen molar-refractivity contribution in [3.63, 3.8) is 0 Å². The Labute approximate surface area is 143 Å². The Morgan fingerprint density at radius 1 is 1.42 bits per heavy atom. The van der Waals surface area contributed by atoms with E-state index in [1.807, 2.05) is 0 Å². The van der Waals surface area contributed by atoms with E-state index in [-0.39, 0.29) is 17.4 Å². The molecule has 1 aliphatic heterocycles. The molecule has 0 aromatic carbocycles. The van der Waals surface area contributed by atoms with Crippen LogP contribution in [0.5, 0.6) is 0 Å². The third kappa shape index (κ3) is 2.49. The molecule has 2 N–H and O–H groups in total. The quantitative estimate of drug-likeness (QED) is 0.888. The van der Waals surface area contributed by atoms with Crippen LogP contribution in [0.4, 0.5) is 0 Å². The zero-order valence-corrected chi connectivity index (χ0v) is 14.8. The molecule has 1 aromatic rings. The van der Waals surface area contributed by atoms with Crippen LogP contribution in [-0.2, 0) is 0 Å². The standard InChI is InChI=1S/C19H28N2O3/c1-11(2)17-19(10-21(17)3)8-14(15(22)9-19)20-18(23)13-6-7-24-16(13)12-4-5-12/h6-7,11-12,14-15,17,22H,4-5,8-10H2,1-3H3,(H,20,23)/t14-,15-,17?,19?/m1/s1. The van der Waals surface area contributed by atoms with Gasteiger partial charge in [0, 0.05) is 23.9 Å². The van der Waals surface area contributed by atoms with Gasteiger partial charge in [-0.3, -0.25) is 4.79 Å². The van der Waals surface area contributed by atoms with Crippen LogP contribution >= 0.6 is 0 Å². The van der Waals surface area contributed by atoms with E-state index in [2.05, 4.69) is 31.1 Å². The van der Waals surface area contributed by atoms with Gasteiger partial charge >= 0.3 is 0 Å². The summed E-state index contributed by atoms with van der Waals surface area (Å²) in [6, 6.07) is 2.09. The maximum Gasteiger partial charge on any atom is 0.255 e. The fourth-order valence-corrected chi connectivity index (χ4v) is 5.41. The van der Waals surface area contributed by atoms with Gasteiger partial charge in [0.15, 0.2) is 0 Å². The Morgan fingerprint density at radius 2 is 2.17 bits per heavy atom. The number of rotatable bonds is 4. The van der Waals surface area contributed by atoms with E-state index in [1.165, 1.54) is 0 Å². The van der Waals surface area contributed by atoms with Gasteiger partial charge in [0.1, 0.15) is 5.76 Å². The SMILES string of the molecule is CC(C)C1N(C)CC12C[C@@H](O)[C@H](NC(=O)c1ccoc1C1CC1)C2. The molecule has 0 bridgehead atoms. The van der Waals surface area contributed by atoms with Crippen molar-refractivity contribution in [3.8, 4) is 0 Å². The highest BCUT2D eigenvalue weighted by molar-refractivity contribution is 5.95. The third-order valence-electron chi connectivity index (χ3n) is 6.21. The van der Waals surface area contributed by atoms with Gasteiger partial charge in [-0.05, 0) is 44.7 Å². The van der Waals surface area contributed by atoms with Gasteiger partial charge in [0.25, 0.3) is 5.91 Å². The smallest absolute Gasteiger partial charge is 0.255 e. The number of nitrogens with zero attached hydrogens (tertiary/aromatic N) is 1. The fraction of sp³-hybridized carbons (Fsp3) is 0.737. The molecule has 5 heteroatoms. The number of aliphatic hydroxyl groups is 1. The Bertz CT molecular complexity index is 632. The van der Waals surface area contributed by atoms with Crippen molar-refractivity contribution in [2.24, 2.45) is 11.3 Å². The predicted octanol–water partition coefficient (Wildman–Crippen LogP) is 2.37. The Morgan fingerprint density at radius 3 is 2.79 bits per heavy atom. The molecule has 3 aliphatic rings. The Balaban J connectivity index is 1.45. The molecule has 5 nitrogen and oxygen atoms in total. The number of hydrogen-bond acceptors (Lipinski definition) is 4. The maximum atomic E-state index is 12.7. The largest absolute Gasteiger partial charge is 0.468 e. The summed E-state index contributed by atoms with van der Waals surface area (Å²) in [5, 5.41) is 13.6. The van der Waals surface area contributed by atoms with Gasteiger partial charge < -0.3 is 19.7 Å². The molecule has 4 atom stereocenters. The van der Waals surface area contributed by atoms with Gasteiger partial charge in [0.05, 0.1) is 24.0 Å². The lowest BCUT2D eigenvalue weighted by Crippen LogP contribution is -2.64. The minimum absolute atomic E-state index is 0.0967. The molecule has 1 saturated heterocycles. The summed E-state index contributed by atoms with van der Waals surface area (Å²) in [7, 11) is 2.15. The van der Waals surface area contributed by atoms with Crippen molar-refractivity contribution < 1.29 is 14.3 Å². The second-order valence-electron chi connectivity index (χ2n) is 8.49. The van der Waals surface area contributed by atoms with Gasteiger partial charge in [-0.1, -0.05) is 13.8 Å². The van der Waals surface area contributed by atoms with Crippen molar-refractivity contribution in [2.75, 3.05) is 13.6 Å². The molecular formula is C19H28N2O3. The van der Waals surface area contributed by atoms with Crippen LogP contribution in [0.1, 0.15) is 61.6 Å². The highest BCUT2D eigenvalue weighted by atomic mass is 16.3. The first-order valence-corrected chi connectivity index (χ1v) is 9.18. The van der Waals surface area contributed by atoms with Gasteiger partial charge in [-0.2, -0.15) is 0 Å². The number of carbonyl (C=O) groups excluding carboxylic acids is 1. The number of furan rings is 1. The van der Waals surface area contributed by atoms with E-state index < -0.39 is 6.10 Å². The zero-order valence-electron chi connectivity index (χ0n) is 14.8. The first-order valence-electron chi connectivity index (χ1n) is 9.18. The number of amides is 1. The number of hydrogen-bond donors (Lipinski definition) is 2. The zero-order chi connectivity index (χ0) is 17.1. The third-order valence-corrected chi connectivity index (χ3v) is 6.21. The Hall–Kier alpha value is -1.33. The summed E-state index contributed by atoms with van der Waals surface area (Å²) >= 11 is 0. The lowest BCUT2D eigenvalue weighted by Gasteiger charge is -2.57. The minimum Gasteiger partial charge on any atom is -0.468 e. The van der Waals surface area contributed by atoms with Crippen LogP contribution in [0, 0.1) is 11.3 Å². The van der Waals surface area contributed by atoms with E-state index >= 15 is 0 Å². The second-order valence-corrected chi connectivity index (χ2v) is 8.49. The van der Waals surface area contributed by atoms with Crippen molar-refractivity contribution in [2.45, 2.75) is 63.6 Å². The van der Waals surface area contributed by atoms with Crippen LogP contribution < -0.4 is 5.32 Å². The second kappa shape index (κ2) is 5.60. The molecule has 1 amide bonds. The fourth-order valence-electron chi connectivity index (χ4n) is 5.41. The first kappa shape index (κ1) is 16.2. The van der Waals surface area contributed by atoms with Gasteiger partial charge in [0.2, 0.25) is 0 Å². The summed E-state index contributed by atoms with van der Waals surface area (Å²) in [5.74, 6) is 1.69. The maximum absolute atomic E-state index is 12.7. The van der Waals surface area contributed by atoms with Crippen LogP contribution in [0.25, 0.3) is 0 Å². The molecule has 132 valence electrons. The van der Waals surface area contributed by atoms with Crippen LogP contribution in [0.2, 0.25) is 0 Å². The van der Waals surface area contributed by atoms with Gasteiger partial charge in [-0.25, -0.2) is 0 Å². The average Bonchev–Trinajstić information content (AvgIpc) is 3.11. The topological polar surface area (TPSA) is 65.7 Å². The summed E-state index contributed by atoms with van der Waals surface area (Å²) < 4.78 is 5.51. The van der Waals surface area contributed by atoms with Crippen LogP contribution in [0.15, 0.2) is 16.7 Å². The van der Waals surface area contributed by atoms with E-state index in [0.717, 1.165) is 38.0 Å². The molecule has 0 radical (unpaired) electrons. The summed E-state index contributed by atoms with van der Waals surface area (Å²) in [4.78, 5) is 15.0. The summed E-state index contributed by atoms with van der Waals surface area (Å²) in [6.45, 7) is 5.50. The summed E-state index contributed by atoms with van der Waals surface area (Å²) in [5.41, 5.74) is 0.799. The Kier molecular flexibility index (Phi) is 3.77. The highest BCUT2D eigenvalue weighted by Crippen LogP contribution is 2.52. The molecule has 4 rings (SSSR count). The molecule has 1 spiro atoms. The molecule has 3 fully saturated rings. The van der Waals surface area contributed by atoms with E-state index in [1.54, 1.807) is 12.3 Å². The molecule has 1 aromatic heterocycles. The number of carbonyl (C=O) groups is 1. The predicted molar refractivity (Wildman–Crippen MR) is 90.9 cm³/mol. The summed E-state index contributed by atoms with van der Waals surface area (Å²) in [6.07, 6.45) is 5.00. The molecule has 2 unspecified atom stereocenters. The van der Waals surface area contributed by atoms with E-state index in [4.69, 9.17) is 4.42 Å². The van der Waals surface area contributed by atoms with Crippen LogP contribution in [-0.4, -0.2) is 47.7 Å². The van der Waals surface area contributed by atoms with E-state index in [0.29, 0.717) is 23.4 Å². The molecule has 2 saturated carbocycles. The van der Waals surface area contributed by atoms with E-state index in [9.17, 15) is 9.90 Å². The average molecular weight is 332 g/mol. The first-order chi connectivity index (χ1) is 11.4. The van der Waals surface area contributed by atoms with Crippen molar-refractivity contribution in [3.05, 3.63) is 23.7 Å². The van der Waals surface area contributed by atoms with Crippen molar-refractivity contribution >= 4 is 5.91 Å². The van der Waals surface area contributed by atoms with Crippen LogP contribution in [0.3, 0.4) is 0 Å². The lowest BCUT2D eigenvalue weighted by molar-refractivity contribution is -0.0827. The monoisotopic (exact) mass is 332 g/mol. The van der Waals surface area contributed by atoms with Crippen molar-refractivity contribution in [1.82, 2.24) is 10.2 Å². The molecule has 2 heterocycles. The van der Waals surface area contributed by atoms with Gasteiger partial charge in [-0.15, -0.1) is 0 Å². The highest BCUT2D eigenvalue weighted by Gasteiger charge is 2.58. The number of nitrogens with one attached hydrogen (secondary N) is 1. The normalized spacial score (nSPS) is 36.3. The number of aliphatic hydroxyl groups excluding tert-OH is 1. The van der Waals surface area contributed by atoms with Crippen molar-refractivity contribution in [1.29, 1.82) is 0 Å². The molecule has 24 heavy (non-hydrogen) atoms. The number of likely N-dealkylation sites (tertiary alicyclic amines) is 1. The molecule has 2 aliphatic carbocycles. The lowest BCUT2D eigenvalue weighted by atomic mass is 9.66. The molecular weight excluding hydrogens is 304 g/mol. The minimum atomic E-state index is -0.458.